The van der Waals surface area contributed by atoms with Crippen LogP contribution in [0, 0.1) is 0 Å². The van der Waals surface area contributed by atoms with Crippen molar-refractivity contribution in [2.75, 3.05) is 18.8 Å². The van der Waals surface area contributed by atoms with E-state index in [0.717, 1.165) is 0 Å². The minimum absolute atomic E-state index is 0.0347. The van der Waals surface area contributed by atoms with E-state index in [1.807, 2.05) is 0 Å². The maximum atomic E-state index is 12.6. The highest BCUT2D eigenvalue weighted by atomic mass is 32.2. The number of sulfone groups is 1. The number of aliphatic carboxylic acids is 1. The summed E-state index contributed by atoms with van der Waals surface area (Å²) >= 11 is 0. The molecule has 1 N–H and O–H groups in total. The molecule has 1 aromatic rings. The zero-order valence-corrected chi connectivity index (χ0v) is 11.5. The zero-order chi connectivity index (χ0) is 15.8. The summed E-state index contributed by atoms with van der Waals surface area (Å²) in [5.41, 5.74) is 0.211. The van der Waals surface area contributed by atoms with E-state index in [1.165, 1.54) is 24.3 Å². The van der Waals surface area contributed by atoms with Crippen molar-refractivity contribution in [2.45, 2.75) is 17.1 Å². The molecule has 0 aromatic heterocycles. The van der Waals surface area contributed by atoms with Gasteiger partial charge in [0, 0.05) is 0 Å². The van der Waals surface area contributed by atoms with Gasteiger partial charge in [-0.2, -0.15) is 13.2 Å². The number of benzene rings is 1. The third-order valence-corrected chi connectivity index (χ3v) is 4.95. The first-order valence-corrected chi connectivity index (χ1v) is 7.60. The van der Waals surface area contributed by atoms with Gasteiger partial charge >= 0.3 is 12.1 Å². The molecule has 0 amide bonds. The molecule has 1 aliphatic rings. The first kappa shape index (κ1) is 15.8. The molecule has 0 fully saturated rings. The van der Waals surface area contributed by atoms with Crippen molar-refractivity contribution in [3.05, 3.63) is 29.8 Å². The lowest BCUT2D eigenvalue weighted by Gasteiger charge is -2.27. The molecule has 0 saturated heterocycles. The Bertz CT molecular complexity index is 657. The summed E-state index contributed by atoms with van der Waals surface area (Å²) < 4.78 is 61.7. The first-order chi connectivity index (χ1) is 9.60. The largest absolute Gasteiger partial charge is 0.480 e. The Balaban J connectivity index is 2.40. The second-order valence-electron chi connectivity index (χ2n) is 4.75. The van der Waals surface area contributed by atoms with E-state index in [-0.39, 0.29) is 10.5 Å². The van der Waals surface area contributed by atoms with Gasteiger partial charge in [0.05, 0.1) is 29.8 Å². The van der Waals surface area contributed by atoms with Gasteiger partial charge in [0.25, 0.3) is 0 Å². The van der Waals surface area contributed by atoms with E-state index in [0.29, 0.717) is 4.90 Å². The topological polar surface area (TPSA) is 74.7 Å². The van der Waals surface area contributed by atoms with Crippen LogP contribution < -0.4 is 0 Å². The molecule has 0 radical (unpaired) electrons. The minimum atomic E-state index is -4.61. The van der Waals surface area contributed by atoms with Gasteiger partial charge in [-0.1, -0.05) is 18.2 Å². The Labute approximate surface area is 118 Å². The normalized spacial score (nSPS) is 20.5. The number of nitrogens with zero attached hydrogens (tertiary/aromatic N) is 1. The zero-order valence-electron chi connectivity index (χ0n) is 10.7. The van der Waals surface area contributed by atoms with Crippen LogP contribution in [0.1, 0.15) is 11.6 Å². The number of rotatable bonds is 4. The predicted octanol–water partition coefficient (Wildman–Crippen LogP) is 1.46. The SMILES string of the molecule is O=C(O)CN(CC(F)(F)F)C1CS(=O)(=O)c2ccccc21. The second-order valence-corrected chi connectivity index (χ2v) is 6.75. The first-order valence-electron chi connectivity index (χ1n) is 5.94. The third-order valence-electron chi connectivity index (χ3n) is 3.15. The van der Waals surface area contributed by atoms with Crippen molar-refractivity contribution in [3.63, 3.8) is 0 Å². The number of hydrogen-bond acceptors (Lipinski definition) is 4. The molecule has 1 heterocycles. The molecule has 0 bridgehead atoms. The van der Waals surface area contributed by atoms with Gasteiger partial charge in [-0.15, -0.1) is 0 Å². The lowest BCUT2D eigenvalue weighted by Crippen LogP contribution is -2.41. The molecule has 0 spiro atoms. The summed E-state index contributed by atoms with van der Waals surface area (Å²) in [6.07, 6.45) is -4.61. The highest BCUT2D eigenvalue weighted by molar-refractivity contribution is 7.91. The summed E-state index contributed by atoms with van der Waals surface area (Å²) in [6.45, 7) is -2.36. The van der Waals surface area contributed by atoms with E-state index in [9.17, 15) is 26.4 Å². The van der Waals surface area contributed by atoms with E-state index in [2.05, 4.69) is 0 Å². The molecule has 0 saturated carbocycles. The molecular weight excluding hydrogens is 311 g/mol. The van der Waals surface area contributed by atoms with Gasteiger partial charge in [-0.3, -0.25) is 9.69 Å². The number of alkyl halides is 3. The molecule has 1 unspecified atom stereocenters. The predicted molar refractivity (Wildman–Crippen MR) is 66.5 cm³/mol. The van der Waals surface area contributed by atoms with Crippen LogP contribution in [-0.4, -0.2) is 49.4 Å². The fourth-order valence-corrected chi connectivity index (χ4v) is 4.24. The number of carboxylic acid groups (broad SMARTS) is 1. The number of halogens is 3. The van der Waals surface area contributed by atoms with Gasteiger partial charge in [-0.05, 0) is 11.6 Å². The number of carboxylic acids is 1. The average Bonchev–Trinajstić information content (AvgIpc) is 2.59. The van der Waals surface area contributed by atoms with Crippen molar-refractivity contribution >= 4 is 15.8 Å². The Morgan fingerprint density at radius 3 is 2.52 bits per heavy atom. The maximum absolute atomic E-state index is 12.6. The Hall–Kier alpha value is -1.61. The van der Waals surface area contributed by atoms with Crippen LogP contribution >= 0.6 is 0 Å². The maximum Gasteiger partial charge on any atom is 0.401 e. The summed E-state index contributed by atoms with van der Waals surface area (Å²) in [5, 5.41) is 8.76. The Kier molecular flexibility index (Phi) is 3.98. The summed E-state index contributed by atoms with van der Waals surface area (Å²) in [7, 11) is -3.69. The standard InChI is InChI=1S/C12H12F3NO4S/c13-12(14,15)7-16(5-11(17)18)9-6-21(19,20)10-4-2-1-3-8(9)10/h1-4,9H,5-7H2,(H,17,18). The van der Waals surface area contributed by atoms with Gasteiger partial charge in [-0.25, -0.2) is 8.42 Å². The highest BCUT2D eigenvalue weighted by Crippen LogP contribution is 2.38. The van der Waals surface area contributed by atoms with E-state index >= 15 is 0 Å². The summed E-state index contributed by atoms with van der Waals surface area (Å²) in [5.74, 6) is -1.99. The average molecular weight is 323 g/mol. The molecule has 9 heteroatoms. The van der Waals surface area contributed by atoms with Crippen molar-refractivity contribution in [1.29, 1.82) is 0 Å². The van der Waals surface area contributed by atoms with Gasteiger partial charge in [0.1, 0.15) is 0 Å². The van der Waals surface area contributed by atoms with Gasteiger partial charge < -0.3 is 5.11 Å². The molecule has 1 aliphatic heterocycles. The van der Waals surface area contributed by atoms with E-state index in [4.69, 9.17) is 5.11 Å². The highest BCUT2D eigenvalue weighted by Gasteiger charge is 2.42. The van der Waals surface area contributed by atoms with E-state index < -0.39 is 46.9 Å². The summed E-state index contributed by atoms with van der Waals surface area (Å²) in [4.78, 5) is 11.4. The monoisotopic (exact) mass is 323 g/mol. The van der Waals surface area contributed by atoms with Crippen LogP contribution in [0.5, 0.6) is 0 Å². The fraction of sp³-hybridized carbons (Fsp3) is 0.417. The summed E-state index contributed by atoms with van der Waals surface area (Å²) in [6, 6.07) is 4.61. The Morgan fingerprint density at radius 1 is 1.33 bits per heavy atom. The molecule has 1 atom stereocenters. The second kappa shape index (κ2) is 5.30. The minimum Gasteiger partial charge on any atom is -0.480 e. The fourth-order valence-electron chi connectivity index (χ4n) is 2.41. The third kappa shape index (κ3) is 3.53. The van der Waals surface area contributed by atoms with Gasteiger partial charge in [0.2, 0.25) is 0 Å². The molecule has 0 aliphatic carbocycles. The lowest BCUT2D eigenvalue weighted by molar-refractivity contribution is -0.157. The van der Waals surface area contributed by atoms with Crippen LogP contribution in [0.25, 0.3) is 0 Å². The van der Waals surface area contributed by atoms with Crippen LogP contribution in [0.2, 0.25) is 0 Å². The van der Waals surface area contributed by atoms with Crippen molar-refractivity contribution in [2.24, 2.45) is 0 Å². The molecule has 1 aromatic carbocycles. The van der Waals surface area contributed by atoms with Gasteiger partial charge in [0.15, 0.2) is 9.84 Å². The Morgan fingerprint density at radius 2 is 1.95 bits per heavy atom. The number of fused-ring (bicyclic) bond motifs is 1. The van der Waals surface area contributed by atoms with Crippen LogP contribution in [0.4, 0.5) is 13.2 Å². The van der Waals surface area contributed by atoms with Crippen LogP contribution in [0.15, 0.2) is 29.2 Å². The molecular formula is C12H12F3NO4S. The lowest BCUT2D eigenvalue weighted by atomic mass is 10.1. The number of hydrogen-bond donors (Lipinski definition) is 1. The molecule has 5 nitrogen and oxygen atoms in total. The van der Waals surface area contributed by atoms with Crippen molar-refractivity contribution in [1.82, 2.24) is 4.90 Å². The van der Waals surface area contributed by atoms with Crippen molar-refractivity contribution in [3.8, 4) is 0 Å². The molecule has 21 heavy (non-hydrogen) atoms. The van der Waals surface area contributed by atoms with Crippen molar-refractivity contribution < 1.29 is 31.5 Å². The van der Waals surface area contributed by atoms with Crippen LogP contribution in [0.3, 0.4) is 0 Å². The molecule has 2 rings (SSSR count). The molecule has 116 valence electrons. The van der Waals surface area contributed by atoms with E-state index in [1.54, 1.807) is 0 Å². The number of carbonyl (C=O) groups is 1. The smallest absolute Gasteiger partial charge is 0.401 e. The van der Waals surface area contributed by atoms with Crippen LogP contribution in [-0.2, 0) is 14.6 Å². The quantitative estimate of drug-likeness (QED) is 0.908.